The average molecular weight is 278 g/mol. The second-order valence-corrected chi connectivity index (χ2v) is 4.54. The maximum absolute atomic E-state index is 11.7. The molecule has 0 unspecified atom stereocenters. The first-order valence-corrected chi connectivity index (χ1v) is 6.61. The highest BCUT2D eigenvalue weighted by atomic mass is 16.1. The van der Waals surface area contributed by atoms with Crippen molar-refractivity contribution in [1.29, 1.82) is 0 Å². The van der Waals surface area contributed by atoms with Crippen LogP contribution >= 0.6 is 0 Å². The van der Waals surface area contributed by atoms with Gasteiger partial charge in [-0.3, -0.25) is 9.78 Å². The molecule has 0 fully saturated rings. The third-order valence-electron chi connectivity index (χ3n) is 2.98. The van der Waals surface area contributed by atoms with Crippen LogP contribution in [0.3, 0.4) is 0 Å². The number of amides is 1. The smallest absolute Gasteiger partial charge is 0.244 e. The summed E-state index contributed by atoms with van der Waals surface area (Å²) in [4.78, 5) is 23.3. The van der Waals surface area contributed by atoms with Crippen molar-refractivity contribution in [3.63, 3.8) is 0 Å². The number of nitrogens with one attached hydrogen (secondary N) is 2. The van der Waals surface area contributed by atoms with Gasteiger partial charge in [-0.2, -0.15) is 0 Å². The maximum atomic E-state index is 11.7. The predicted octanol–water partition coefficient (Wildman–Crippen LogP) is 2.29. The summed E-state index contributed by atoms with van der Waals surface area (Å²) in [6.07, 6.45) is 6.60. The van der Waals surface area contributed by atoms with Crippen molar-refractivity contribution < 1.29 is 4.79 Å². The number of carbonyl (C=O) groups excluding carboxylic acids is 1. The largest absolute Gasteiger partial charge is 0.345 e. The molecule has 5 nitrogen and oxygen atoms in total. The summed E-state index contributed by atoms with van der Waals surface area (Å²) in [5, 5.41) is 2.79. The van der Waals surface area contributed by atoms with Crippen LogP contribution in [0.1, 0.15) is 11.4 Å². The highest BCUT2D eigenvalue weighted by Crippen LogP contribution is 2.09. The van der Waals surface area contributed by atoms with Gasteiger partial charge >= 0.3 is 0 Å². The van der Waals surface area contributed by atoms with Gasteiger partial charge in [-0.05, 0) is 29.8 Å². The van der Waals surface area contributed by atoms with E-state index in [1.807, 2.05) is 36.4 Å². The highest BCUT2D eigenvalue weighted by molar-refractivity contribution is 5.91. The Balaban J connectivity index is 1.59. The zero-order valence-corrected chi connectivity index (χ0v) is 11.3. The number of para-hydroxylation sites is 2. The number of carbonyl (C=O) groups is 1. The van der Waals surface area contributed by atoms with Gasteiger partial charge in [0.2, 0.25) is 5.91 Å². The standard InChI is InChI=1S/C16H14N4O/c21-16(8-7-12-4-3-9-17-10-12)18-11-15-19-13-5-1-2-6-14(13)20-15/h1-10H,11H2,(H,18,21)(H,19,20). The van der Waals surface area contributed by atoms with Crippen LogP contribution in [0.15, 0.2) is 54.9 Å². The zero-order valence-electron chi connectivity index (χ0n) is 11.3. The van der Waals surface area contributed by atoms with E-state index < -0.39 is 0 Å². The molecule has 1 amide bonds. The van der Waals surface area contributed by atoms with Crippen molar-refractivity contribution in [2.24, 2.45) is 0 Å². The van der Waals surface area contributed by atoms with Gasteiger partial charge in [-0.25, -0.2) is 4.98 Å². The average Bonchev–Trinajstić information content (AvgIpc) is 2.95. The Hall–Kier alpha value is -2.95. The van der Waals surface area contributed by atoms with Gasteiger partial charge in [0.25, 0.3) is 0 Å². The lowest BCUT2D eigenvalue weighted by Crippen LogP contribution is -2.20. The number of pyridine rings is 1. The molecule has 1 aromatic carbocycles. The number of benzene rings is 1. The van der Waals surface area contributed by atoms with Gasteiger partial charge in [-0.1, -0.05) is 18.2 Å². The predicted molar refractivity (Wildman–Crippen MR) is 81.2 cm³/mol. The van der Waals surface area contributed by atoms with Crippen molar-refractivity contribution in [3.8, 4) is 0 Å². The number of fused-ring (bicyclic) bond motifs is 1. The monoisotopic (exact) mass is 278 g/mol. The molecule has 2 heterocycles. The first-order chi connectivity index (χ1) is 10.3. The molecule has 0 aliphatic heterocycles. The van der Waals surface area contributed by atoms with E-state index in [1.165, 1.54) is 6.08 Å². The number of aromatic amines is 1. The Morgan fingerprint density at radius 1 is 1.24 bits per heavy atom. The Labute approximate surface area is 121 Å². The second-order valence-electron chi connectivity index (χ2n) is 4.54. The van der Waals surface area contributed by atoms with E-state index in [0.717, 1.165) is 22.4 Å². The van der Waals surface area contributed by atoms with Crippen LogP contribution in [0.25, 0.3) is 17.1 Å². The van der Waals surface area contributed by atoms with E-state index >= 15 is 0 Å². The summed E-state index contributed by atoms with van der Waals surface area (Å²) >= 11 is 0. The molecule has 0 radical (unpaired) electrons. The Morgan fingerprint density at radius 3 is 2.95 bits per heavy atom. The van der Waals surface area contributed by atoms with E-state index in [-0.39, 0.29) is 5.91 Å². The van der Waals surface area contributed by atoms with Gasteiger partial charge in [0.15, 0.2) is 0 Å². The molecule has 2 aromatic heterocycles. The number of aromatic nitrogens is 3. The van der Waals surface area contributed by atoms with Gasteiger partial charge in [0, 0.05) is 18.5 Å². The van der Waals surface area contributed by atoms with E-state index in [0.29, 0.717) is 6.54 Å². The molecule has 2 N–H and O–H groups in total. The quantitative estimate of drug-likeness (QED) is 0.719. The van der Waals surface area contributed by atoms with E-state index in [2.05, 4.69) is 20.3 Å². The van der Waals surface area contributed by atoms with Crippen molar-refractivity contribution >= 4 is 23.0 Å². The van der Waals surface area contributed by atoms with Crippen LogP contribution in [-0.4, -0.2) is 20.9 Å². The van der Waals surface area contributed by atoms with Crippen LogP contribution in [0.5, 0.6) is 0 Å². The van der Waals surface area contributed by atoms with Crippen molar-refractivity contribution in [2.75, 3.05) is 0 Å². The second kappa shape index (κ2) is 6.00. The summed E-state index contributed by atoms with van der Waals surface area (Å²) < 4.78 is 0. The summed E-state index contributed by atoms with van der Waals surface area (Å²) in [6.45, 7) is 0.366. The highest BCUT2D eigenvalue weighted by Gasteiger charge is 2.02. The fourth-order valence-electron chi connectivity index (χ4n) is 1.97. The van der Waals surface area contributed by atoms with Crippen LogP contribution in [-0.2, 0) is 11.3 Å². The topological polar surface area (TPSA) is 70.7 Å². The molecule has 0 aliphatic rings. The molecule has 0 atom stereocenters. The minimum atomic E-state index is -0.167. The van der Waals surface area contributed by atoms with Crippen LogP contribution in [0.4, 0.5) is 0 Å². The van der Waals surface area contributed by atoms with Gasteiger partial charge < -0.3 is 10.3 Å². The Bertz CT molecular complexity index is 744. The van der Waals surface area contributed by atoms with Crippen LogP contribution in [0.2, 0.25) is 0 Å². The van der Waals surface area contributed by atoms with E-state index in [9.17, 15) is 4.79 Å². The molecule has 5 heteroatoms. The van der Waals surface area contributed by atoms with Crippen molar-refractivity contribution in [3.05, 3.63) is 66.3 Å². The van der Waals surface area contributed by atoms with E-state index in [1.54, 1.807) is 18.5 Å². The Kier molecular flexibility index (Phi) is 3.73. The molecular weight excluding hydrogens is 264 g/mol. The summed E-state index contributed by atoms with van der Waals surface area (Å²) in [5.41, 5.74) is 2.75. The van der Waals surface area contributed by atoms with Gasteiger partial charge in [0.1, 0.15) is 5.82 Å². The molecule has 0 spiro atoms. The zero-order chi connectivity index (χ0) is 14.5. The molecule has 3 aromatic rings. The molecule has 0 aliphatic carbocycles. The fraction of sp³-hybridized carbons (Fsp3) is 0.0625. The fourth-order valence-corrected chi connectivity index (χ4v) is 1.97. The molecular formula is C16H14N4O. The molecule has 104 valence electrons. The lowest BCUT2D eigenvalue weighted by atomic mass is 10.2. The van der Waals surface area contributed by atoms with E-state index in [4.69, 9.17) is 0 Å². The van der Waals surface area contributed by atoms with Crippen molar-refractivity contribution in [2.45, 2.75) is 6.54 Å². The normalized spacial score (nSPS) is 11.0. The minimum Gasteiger partial charge on any atom is -0.345 e. The first-order valence-electron chi connectivity index (χ1n) is 6.61. The summed E-state index contributed by atoms with van der Waals surface area (Å²) in [7, 11) is 0. The van der Waals surface area contributed by atoms with Gasteiger partial charge in [-0.15, -0.1) is 0 Å². The van der Waals surface area contributed by atoms with Crippen LogP contribution in [0, 0.1) is 0 Å². The number of hydrogen-bond donors (Lipinski definition) is 2. The third-order valence-corrected chi connectivity index (χ3v) is 2.98. The molecule has 21 heavy (non-hydrogen) atoms. The first kappa shape index (κ1) is 13.1. The minimum absolute atomic E-state index is 0.167. The molecule has 0 saturated carbocycles. The molecule has 3 rings (SSSR count). The summed E-state index contributed by atoms with van der Waals surface area (Å²) in [5.74, 6) is 0.568. The number of rotatable bonds is 4. The maximum Gasteiger partial charge on any atom is 0.244 e. The number of nitrogens with zero attached hydrogens (tertiary/aromatic N) is 2. The third kappa shape index (κ3) is 3.33. The Morgan fingerprint density at radius 2 is 2.14 bits per heavy atom. The SMILES string of the molecule is O=C(C=Cc1cccnc1)NCc1nc2ccccc2[nH]1. The van der Waals surface area contributed by atoms with Gasteiger partial charge in [0.05, 0.1) is 17.6 Å². The number of H-pyrrole nitrogens is 1. The summed E-state index contributed by atoms with van der Waals surface area (Å²) in [6, 6.07) is 11.5. The lowest BCUT2D eigenvalue weighted by molar-refractivity contribution is -0.116. The van der Waals surface area contributed by atoms with Crippen LogP contribution < -0.4 is 5.32 Å². The van der Waals surface area contributed by atoms with Crippen molar-refractivity contribution in [1.82, 2.24) is 20.3 Å². The molecule has 0 saturated heterocycles. The molecule has 0 bridgehead atoms. The lowest BCUT2D eigenvalue weighted by Gasteiger charge is -1.98. The number of imidazole rings is 1. The number of hydrogen-bond acceptors (Lipinski definition) is 3.